The molecule has 2 nitrogen and oxygen atoms in total. The molecule has 0 aliphatic heterocycles. The summed E-state index contributed by atoms with van der Waals surface area (Å²) >= 11 is 1.50. The standard InChI is InChI=1S/Cr.Ga.2O.H. The van der Waals surface area contributed by atoms with Crippen molar-refractivity contribution in [1.29, 1.82) is 0 Å². The Morgan fingerprint density at radius 2 is 1.25 bits per heavy atom. The van der Waals surface area contributed by atoms with E-state index in [4.69, 9.17) is 7.34 Å². The van der Waals surface area contributed by atoms with E-state index in [0.717, 1.165) is 0 Å². The normalized spacial score (nSPS) is 1.75. The van der Waals surface area contributed by atoms with Crippen LogP contribution in [0.2, 0.25) is 0 Å². The van der Waals surface area contributed by atoms with E-state index < -0.39 is 0 Å². The Kier molecular flexibility index (Phi) is 108. The molecular weight excluding hydrogens is 154 g/mol. The van der Waals surface area contributed by atoms with Gasteiger partial charge in [-0.05, 0) is 0 Å². The summed E-state index contributed by atoms with van der Waals surface area (Å²) in [5.74, 6) is 0. The van der Waals surface area contributed by atoms with E-state index in [0.29, 0.717) is 0 Å². The van der Waals surface area contributed by atoms with Crippen molar-refractivity contribution in [3.05, 3.63) is 0 Å². The fourth-order valence-electron chi connectivity index (χ4n) is 0. The Bertz CT molecular complexity index is 8.00. The molecule has 0 aromatic carbocycles. The second-order valence-electron chi connectivity index (χ2n) is 0. The van der Waals surface area contributed by atoms with Crippen molar-refractivity contribution >= 4 is 18.6 Å². The van der Waals surface area contributed by atoms with Gasteiger partial charge in [0.15, 0.2) is 0 Å². The second kappa shape index (κ2) is 48.9. The van der Waals surface area contributed by atoms with Crippen molar-refractivity contribution in [2.75, 3.05) is 0 Å². The van der Waals surface area contributed by atoms with Gasteiger partial charge in [-0.1, -0.05) is 0 Å². The van der Waals surface area contributed by atoms with E-state index in [9.17, 15) is 0 Å². The fourth-order valence-corrected chi connectivity index (χ4v) is 0. The van der Waals surface area contributed by atoms with Gasteiger partial charge < -0.3 is 0 Å². The van der Waals surface area contributed by atoms with Gasteiger partial charge >= 0.3 is 42.1 Å². The predicted molar refractivity (Wildman–Crippen MR) is 8.52 cm³/mol. The minimum absolute atomic E-state index is 0.125. The number of rotatable bonds is 0. The number of hydrogen-bond donors (Lipinski definition) is 0. The topological polar surface area (TPSA) is 34.1 Å². The molecular formula is HCrGaO2. The fraction of sp³-hybridized carbons (Fsp3) is 0. The Hall–Kier alpha value is 0.769. The third kappa shape index (κ3) is 14.7. The molecule has 0 aromatic heterocycles. The molecule has 0 rings (SSSR count). The third-order valence-corrected chi connectivity index (χ3v) is 0. The molecule has 4 heavy (non-hydrogen) atoms. The summed E-state index contributed by atoms with van der Waals surface area (Å²) in [4.78, 5) is 0. The van der Waals surface area contributed by atoms with Crippen LogP contribution in [0.4, 0.5) is 0 Å². The molecule has 22 valence electrons. The van der Waals surface area contributed by atoms with Crippen molar-refractivity contribution in [3.8, 4) is 0 Å². The molecule has 0 N–H and O–H groups in total. The van der Waals surface area contributed by atoms with E-state index in [1.807, 2.05) is 0 Å². The van der Waals surface area contributed by atoms with Gasteiger partial charge in [-0.2, -0.15) is 0 Å². The third-order valence-electron chi connectivity index (χ3n) is 0. The summed E-state index contributed by atoms with van der Waals surface area (Å²) in [6.45, 7) is 0. The summed E-state index contributed by atoms with van der Waals surface area (Å²) in [6.07, 6.45) is 0. The maximum absolute atomic E-state index is 8.38. The molecule has 0 radical (unpaired) electrons. The summed E-state index contributed by atoms with van der Waals surface area (Å²) in [6, 6.07) is 0. The van der Waals surface area contributed by atoms with Crippen LogP contribution in [-0.4, -0.2) is 18.6 Å². The van der Waals surface area contributed by atoms with Crippen LogP contribution >= 0.6 is 0 Å². The van der Waals surface area contributed by atoms with Gasteiger partial charge in [0.25, 0.3) is 0 Å². The van der Waals surface area contributed by atoms with Crippen molar-refractivity contribution in [2.24, 2.45) is 0 Å². The van der Waals surface area contributed by atoms with Crippen molar-refractivity contribution in [2.45, 2.75) is 0 Å². The second-order valence-corrected chi connectivity index (χ2v) is 0. The Morgan fingerprint density at radius 1 is 1.25 bits per heavy atom. The quantitative estimate of drug-likeness (QED) is 0.425. The van der Waals surface area contributed by atoms with Gasteiger partial charge in [-0.15, -0.1) is 0 Å². The molecule has 0 saturated carbocycles. The van der Waals surface area contributed by atoms with Crippen LogP contribution in [-0.2, 0) is 23.6 Å². The molecule has 0 bridgehead atoms. The van der Waals surface area contributed by atoms with E-state index in [2.05, 4.69) is 0 Å². The molecule has 0 heterocycles. The SMILES string of the molecule is [O]=[Cr].[O]=[GaH]. The first-order valence-electron chi connectivity index (χ1n) is 0.455. The first-order chi connectivity index (χ1) is 2.00. The molecule has 0 saturated heterocycles. The van der Waals surface area contributed by atoms with Crippen molar-refractivity contribution in [1.82, 2.24) is 0 Å². The molecule has 0 aliphatic carbocycles. The molecule has 0 fully saturated rings. The van der Waals surface area contributed by atoms with Crippen LogP contribution in [0.5, 0.6) is 0 Å². The molecule has 0 aliphatic rings. The van der Waals surface area contributed by atoms with Crippen LogP contribution in [0.25, 0.3) is 0 Å². The summed E-state index contributed by atoms with van der Waals surface area (Å²) in [5, 5.41) is 0. The average Bonchev–Trinajstić information content (AvgIpc) is 1.50. The van der Waals surface area contributed by atoms with Gasteiger partial charge in [0.2, 0.25) is 0 Å². The maximum atomic E-state index is 8.38. The van der Waals surface area contributed by atoms with Gasteiger partial charge in [0.05, 0.1) is 0 Å². The van der Waals surface area contributed by atoms with Gasteiger partial charge in [0.1, 0.15) is 0 Å². The molecule has 0 amide bonds. The Labute approximate surface area is 42.4 Å². The zero-order valence-corrected chi connectivity index (χ0v) is 6.17. The average molecular weight is 155 g/mol. The van der Waals surface area contributed by atoms with Crippen molar-refractivity contribution in [3.63, 3.8) is 0 Å². The zero-order chi connectivity index (χ0) is 4.00. The van der Waals surface area contributed by atoms with Crippen LogP contribution in [0.3, 0.4) is 0 Å². The molecule has 0 unspecified atom stereocenters. The first kappa shape index (κ1) is 8.84. The van der Waals surface area contributed by atoms with Crippen LogP contribution in [0.1, 0.15) is 0 Å². The number of hydrogen-bond acceptors (Lipinski definition) is 2. The predicted octanol–water partition coefficient (Wildman–Crippen LogP) is -0.889. The van der Waals surface area contributed by atoms with Crippen LogP contribution in [0.15, 0.2) is 0 Å². The summed E-state index contributed by atoms with van der Waals surface area (Å²) in [5.41, 5.74) is 0. The molecule has 0 atom stereocenters. The van der Waals surface area contributed by atoms with Crippen LogP contribution < -0.4 is 0 Å². The van der Waals surface area contributed by atoms with E-state index in [1.165, 1.54) is 16.2 Å². The van der Waals surface area contributed by atoms with E-state index in [-0.39, 0.29) is 18.6 Å². The van der Waals surface area contributed by atoms with E-state index >= 15 is 0 Å². The zero-order valence-electron chi connectivity index (χ0n) is 1.93. The summed E-state index contributed by atoms with van der Waals surface area (Å²) in [7, 11) is 0. The minimum atomic E-state index is 0.125. The van der Waals surface area contributed by atoms with Crippen molar-refractivity contribution < 1.29 is 23.6 Å². The van der Waals surface area contributed by atoms with Gasteiger partial charge in [-0.25, -0.2) is 0 Å². The Balaban J connectivity index is 0. The molecule has 0 aromatic rings. The van der Waals surface area contributed by atoms with Crippen LogP contribution in [0, 0.1) is 0 Å². The summed E-state index contributed by atoms with van der Waals surface area (Å²) < 4.78 is 16.5. The molecule has 0 spiro atoms. The monoisotopic (exact) mass is 154 g/mol. The van der Waals surface area contributed by atoms with E-state index in [1.54, 1.807) is 0 Å². The van der Waals surface area contributed by atoms with Gasteiger partial charge in [0, 0.05) is 0 Å². The first-order valence-corrected chi connectivity index (χ1v) is 2.19. The Morgan fingerprint density at radius 3 is 1.25 bits per heavy atom. The van der Waals surface area contributed by atoms with Gasteiger partial charge in [-0.3, -0.25) is 0 Å². The molecule has 4 heteroatoms.